The van der Waals surface area contributed by atoms with Crippen LogP contribution >= 0.6 is 0 Å². The van der Waals surface area contributed by atoms with Gasteiger partial charge in [0.25, 0.3) is 5.56 Å². The second-order valence-corrected chi connectivity index (χ2v) is 7.38. The van der Waals surface area contributed by atoms with Crippen molar-refractivity contribution in [3.05, 3.63) is 50.9 Å². The van der Waals surface area contributed by atoms with E-state index in [0.717, 1.165) is 60.9 Å². The number of fused-ring (bicyclic) bond motifs is 2. The molecule has 148 valence electrons. The quantitative estimate of drug-likeness (QED) is 0.853. The third-order valence-electron chi connectivity index (χ3n) is 5.63. The molecule has 0 bridgehead atoms. The number of benzene rings is 1. The summed E-state index contributed by atoms with van der Waals surface area (Å²) in [7, 11) is 3.21. The summed E-state index contributed by atoms with van der Waals surface area (Å²) in [5.41, 5.74) is 3.94. The van der Waals surface area contributed by atoms with Crippen LogP contribution in [0.25, 0.3) is 0 Å². The van der Waals surface area contributed by atoms with Crippen LogP contribution in [0.1, 0.15) is 47.7 Å². The molecule has 1 atom stereocenters. The van der Waals surface area contributed by atoms with Crippen molar-refractivity contribution >= 4 is 5.91 Å². The van der Waals surface area contributed by atoms with Gasteiger partial charge >= 0.3 is 0 Å². The van der Waals surface area contributed by atoms with E-state index >= 15 is 0 Å². The number of amides is 1. The van der Waals surface area contributed by atoms with Crippen LogP contribution in [0.3, 0.4) is 0 Å². The lowest BCUT2D eigenvalue weighted by atomic mass is 9.97. The first kappa shape index (κ1) is 18.5. The van der Waals surface area contributed by atoms with Gasteiger partial charge < -0.3 is 14.8 Å². The Morgan fingerprint density at radius 3 is 2.64 bits per heavy atom. The molecule has 4 rings (SSSR count). The van der Waals surface area contributed by atoms with Crippen molar-refractivity contribution in [2.45, 2.75) is 51.1 Å². The van der Waals surface area contributed by atoms with Crippen molar-refractivity contribution in [3.8, 4) is 11.5 Å². The van der Waals surface area contributed by atoms with Crippen LogP contribution in [-0.4, -0.2) is 29.9 Å². The second-order valence-electron chi connectivity index (χ2n) is 7.38. The molecule has 0 aliphatic heterocycles. The largest absolute Gasteiger partial charge is 0.493 e. The molecule has 28 heavy (non-hydrogen) atoms. The minimum absolute atomic E-state index is 0.0642. The standard InChI is InChI=1S/C21H25N3O4/c1-27-18-9-13-7-8-17(15(13)11-19(18)28-2)22-20(25)12-24-21(26)10-14-5-3-4-6-16(14)23-24/h9-11,17H,3-8,12H2,1-2H3,(H,22,25)/t17-/m0/s1. The molecule has 1 N–H and O–H groups in total. The molecule has 0 saturated heterocycles. The van der Waals surface area contributed by atoms with E-state index in [1.807, 2.05) is 12.1 Å². The molecule has 0 spiro atoms. The van der Waals surface area contributed by atoms with Crippen LogP contribution in [0.4, 0.5) is 0 Å². The fourth-order valence-electron chi connectivity index (χ4n) is 4.17. The van der Waals surface area contributed by atoms with Crippen molar-refractivity contribution < 1.29 is 14.3 Å². The van der Waals surface area contributed by atoms with E-state index < -0.39 is 0 Å². The van der Waals surface area contributed by atoms with Crippen LogP contribution in [0.5, 0.6) is 11.5 Å². The van der Waals surface area contributed by atoms with Gasteiger partial charge in [-0.05, 0) is 67.3 Å². The Morgan fingerprint density at radius 2 is 1.86 bits per heavy atom. The van der Waals surface area contributed by atoms with E-state index in [2.05, 4.69) is 10.4 Å². The van der Waals surface area contributed by atoms with E-state index in [-0.39, 0.29) is 24.1 Å². The number of ether oxygens (including phenoxy) is 2. The summed E-state index contributed by atoms with van der Waals surface area (Å²) in [6.07, 6.45) is 5.60. The number of aromatic nitrogens is 2. The van der Waals surface area contributed by atoms with Crippen molar-refractivity contribution in [1.29, 1.82) is 0 Å². The number of methoxy groups -OCH3 is 2. The number of nitrogens with one attached hydrogen (secondary N) is 1. The Labute approximate surface area is 163 Å². The highest BCUT2D eigenvalue weighted by atomic mass is 16.5. The molecule has 1 amide bonds. The number of carbonyl (C=O) groups excluding carboxylic acids is 1. The van der Waals surface area contributed by atoms with Crippen LogP contribution < -0.4 is 20.3 Å². The minimum atomic E-state index is -0.214. The van der Waals surface area contributed by atoms with E-state index in [9.17, 15) is 9.59 Å². The maximum Gasteiger partial charge on any atom is 0.267 e. The van der Waals surface area contributed by atoms with Gasteiger partial charge in [-0.2, -0.15) is 5.10 Å². The molecule has 1 heterocycles. The smallest absolute Gasteiger partial charge is 0.267 e. The number of carbonyl (C=O) groups is 1. The average Bonchev–Trinajstić information content (AvgIpc) is 3.08. The molecule has 1 aromatic carbocycles. The van der Waals surface area contributed by atoms with Gasteiger partial charge in [0.2, 0.25) is 5.91 Å². The summed E-state index contributed by atoms with van der Waals surface area (Å²) >= 11 is 0. The molecule has 2 aliphatic rings. The maximum atomic E-state index is 12.6. The summed E-state index contributed by atoms with van der Waals surface area (Å²) in [4.78, 5) is 24.9. The van der Waals surface area contributed by atoms with E-state index in [0.29, 0.717) is 11.5 Å². The van der Waals surface area contributed by atoms with E-state index in [4.69, 9.17) is 9.47 Å². The Morgan fingerprint density at radius 1 is 1.11 bits per heavy atom. The highest BCUT2D eigenvalue weighted by Crippen LogP contribution is 2.39. The van der Waals surface area contributed by atoms with Gasteiger partial charge in [0.05, 0.1) is 26.0 Å². The van der Waals surface area contributed by atoms with Crippen molar-refractivity contribution in [3.63, 3.8) is 0 Å². The highest BCUT2D eigenvalue weighted by Gasteiger charge is 2.26. The molecule has 7 nitrogen and oxygen atoms in total. The fraction of sp³-hybridized carbons (Fsp3) is 0.476. The first-order valence-electron chi connectivity index (χ1n) is 9.73. The molecule has 2 aliphatic carbocycles. The first-order chi connectivity index (χ1) is 13.6. The number of rotatable bonds is 5. The Balaban J connectivity index is 1.50. The average molecular weight is 383 g/mol. The summed E-state index contributed by atoms with van der Waals surface area (Å²) < 4.78 is 12.0. The Hall–Kier alpha value is -2.83. The zero-order chi connectivity index (χ0) is 19.7. The summed E-state index contributed by atoms with van der Waals surface area (Å²) in [5, 5.41) is 7.47. The number of hydrogen-bond acceptors (Lipinski definition) is 5. The van der Waals surface area contributed by atoms with Gasteiger partial charge in [0, 0.05) is 6.07 Å². The molecule has 0 unspecified atom stereocenters. The molecule has 2 aromatic rings. The molecule has 0 saturated carbocycles. The molecule has 0 fully saturated rings. The maximum absolute atomic E-state index is 12.6. The monoisotopic (exact) mass is 383 g/mol. The lowest BCUT2D eigenvalue weighted by Gasteiger charge is -2.18. The Kier molecular flexibility index (Phi) is 5.07. The second kappa shape index (κ2) is 7.66. The number of nitrogens with zero attached hydrogens (tertiary/aromatic N) is 2. The zero-order valence-corrected chi connectivity index (χ0v) is 16.3. The number of hydrogen-bond donors (Lipinski definition) is 1. The first-order valence-corrected chi connectivity index (χ1v) is 9.73. The minimum Gasteiger partial charge on any atom is -0.493 e. The molecule has 1 aromatic heterocycles. The van der Waals surface area contributed by atoms with Crippen LogP contribution in [-0.2, 0) is 30.6 Å². The van der Waals surface area contributed by atoms with Crippen LogP contribution in [0.15, 0.2) is 23.0 Å². The third-order valence-corrected chi connectivity index (χ3v) is 5.63. The highest BCUT2D eigenvalue weighted by molar-refractivity contribution is 5.76. The predicted molar refractivity (Wildman–Crippen MR) is 104 cm³/mol. The van der Waals surface area contributed by atoms with E-state index in [1.54, 1.807) is 20.3 Å². The van der Waals surface area contributed by atoms with E-state index in [1.165, 1.54) is 4.68 Å². The zero-order valence-electron chi connectivity index (χ0n) is 16.3. The predicted octanol–water partition coefficient (Wildman–Crippen LogP) is 1.94. The van der Waals surface area contributed by atoms with Gasteiger partial charge in [-0.1, -0.05) is 0 Å². The SMILES string of the molecule is COc1cc2c(cc1OC)[C@@H](NC(=O)Cn1nc3c(cc1=O)CCCC3)CC2. The lowest BCUT2D eigenvalue weighted by molar-refractivity contribution is -0.122. The summed E-state index contributed by atoms with van der Waals surface area (Å²) in [5.74, 6) is 1.13. The molecular formula is C21H25N3O4. The number of aryl methyl sites for hydroxylation is 3. The van der Waals surface area contributed by atoms with Gasteiger partial charge in [0.15, 0.2) is 11.5 Å². The molecule has 0 radical (unpaired) electrons. The van der Waals surface area contributed by atoms with Gasteiger partial charge in [-0.15, -0.1) is 0 Å². The Bertz CT molecular complexity index is 967. The normalized spacial score (nSPS) is 17.6. The lowest BCUT2D eigenvalue weighted by Crippen LogP contribution is -2.36. The molecule has 7 heteroatoms. The third kappa shape index (κ3) is 3.48. The van der Waals surface area contributed by atoms with Crippen LogP contribution in [0.2, 0.25) is 0 Å². The topological polar surface area (TPSA) is 82.4 Å². The van der Waals surface area contributed by atoms with Crippen molar-refractivity contribution in [2.24, 2.45) is 0 Å². The van der Waals surface area contributed by atoms with Gasteiger partial charge in [-0.3, -0.25) is 9.59 Å². The van der Waals surface area contributed by atoms with Gasteiger partial charge in [0.1, 0.15) is 6.54 Å². The summed E-state index contributed by atoms with van der Waals surface area (Å²) in [6, 6.07) is 5.43. The van der Waals surface area contributed by atoms with Gasteiger partial charge in [-0.25, -0.2) is 4.68 Å². The van der Waals surface area contributed by atoms with Crippen LogP contribution in [0, 0.1) is 0 Å². The fourth-order valence-corrected chi connectivity index (χ4v) is 4.17. The summed E-state index contributed by atoms with van der Waals surface area (Å²) in [6.45, 7) is -0.0642. The van der Waals surface area contributed by atoms with Crippen molar-refractivity contribution in [1.82, 2.24) is 15.1 Å². The van der Waals surface area contributed by atoms with Crippen molar-refractivity contribution in [2.75, 3.05) is 14.2 Å². The molecular weight excluding hydrogens is 358 g/mol.